The third-order valence-corrected chi connectivity index (χ3v) is 8.20. The van der Waals surface area contributed by atoms with Crippen LogP contribution in [0.5, 0.6) is 0 Å². The second-order valence-corrected chi connectivity index (χ2v) is 11.7. The van der Waals surface area contributed by atoms with Gasteiger partial charge in [0.25, 0.3) is 0 Å². The van der Waals surface area contributed by atoms with Crippen molar-refractivity contribution in [3.8, 4) is 0 Å². The number of carbonyl (C=O) groups is 2. The highest BCUT2D eigenvalue weighted by atomic mass is 32.1. The Labute approximate surface area is 206 Å². The predicted octanol–water partition coefficient (Wildman–Crippen LogP) is 4.09. The van der Waals surface area contributed by atoms with Crippen LogP contribution in [0.15, 0.2) is 11.0 Å². The second kappa shape index (κ2) is 11.0. The van der Waals surface area contributed by atoms with Crippen molar-refractivity contribution in [2.45, 2.75) is 104 Å². The van der Waals surface area contributed by atoms with Crippen molar-refractivity contribution < 1.29 is 29.3 Å². The molecule has 1 aromatic heterocycles. The minimum absolute atomic E-state index is 0.00770. The molecule has 0 aromatic carbocycles. The van der Waals surface area contributed by atoms with Crippen molar-refractivity contribution >= 4 is 29.2 Å². The maximum absolute atomic E-state index is 13.2. The molecule has 0 saturated carbocycles. The number of nitrogens with zero attached hydrogens (tertiary/aromatic N) is 1. The number of aliphatic hydroxyl groups excluding tert-OH is 2. The van der Waals surface area contributed by atoms with Gasteiger partial charge in [-0.3, -0.25) is 9.59 Å². The monoisotopic (exact) mass is 493 g/mol. The second-order valence-electron chi connectivity index (χ2n) is 10.6. The van der Waals surface area contributed by atoms with Gasteiger partial charge in [0.2, 0.25) is 0 Å². The first-order valence-electron chi connectivity index (χ1n) is 12.3. The molecular formula is C26H39NO6S. The molecule has 34 heavy (non-hydrogen) atoms. The molecule has 0 aliphatic carbocycles. The lowest BCUT2D eigenvalue weighted by atomic mass is 9.73. The number of hydrogen-bond acceptors (Lipinski definition) is 8. The van der Waals surface area contributed by atoms with Crippen molar-refractivity contribution in [1.82, 2.24) is 4.98 Å². The maximum atomic E-state index is 13.2. The van der Waals surface area contributed by atoms with Gasteiger partial charge < -0.3 is 19.7 Å². The molecule has 8 heteroatoms. The fourth-order valence-corrected chi connectivity index (χ4v) is 5.35. The summed E-state index contributed by atoms with van der Waals surface area (Å²) in [4.78, 5) is 30.5. The number of aliphatic hydroxyl groups is 2. The van der Waals surface area contributed by atoms with Crippen molar-refractivity contribution in [3.63, 3.8) is 0 Å². The van der Waals surface area contributed by atoms with Gasteiger partial charge in [-0.25, -0.2) is 4.98 Å². The summed E-state index contributed by atoms with van der Waals surface area (Å²) in [5.74, 6) is -1.52. The highest BCUT2D eigenvalue weighted by molar-refractivity contribution is 7.09. The summed E-state index contributed by atoms with van der Waals surface area (Å²) in [7, 11) is 0. The molecular weight excluding hydrogens is 454 g/mol. The molecule has 7 atom stereocenters. The lowest BCUT2D eigenvalue weighted by molar-refractivity contribution is -0.154. The zero-order valence-corrected chi connectivity index (χ0v) is 21.9. The zero-order valence-electron chi connectivity index (χ0n) is 21.1. The van der Waals surface area contributed by atoms with E-state index < -0.39 is 35.6 Å². The molecule has 2 aliphatic rings. The minimum Gasteiger partial charge on any atom is -0.458 e. The summed E-state index contributed by atoms with van der Waals surface area (Å²) >= 11 is 1.56. The van der Waals surface area contributed by atoms with Gasteiger partial charge in [-0.05, 0) is 44.3 Å². The molecule has 2 fully saturated rings. The molecule has 190 valence electrons. The highest BCUT2D eigenvalue weighted by Crippen LogP contribution is 2.36. The molecule has 0 bridgehead atoms. The summed E-state index contributed by atoms with van der Waals surface area (Å²) in [6.45, 7) is 10.8. The third-order valence-electron chi connectivity index (χ3n) is 7.41. The van der Waals surface area contributed by atoms with Crippen LogP contribution < -0.4 is 0 Å². The van der Waals surface area contributed by atoms with Crippen LogP contribution in [0.1, 0.15) is 77.4 Å². The number of aryl methyl sites for hydroxylation is 1. The van der Waals surface area contributed by atoms with Gasteiger partial charge in [-0.1, -0.05) is 34.1 Å². The first-order chi connectivity index (χ1) is 15.9. The van der Waals surface area contributed by atoms with Gasteiger partial charge >= 0.3 is 5.97 Å². The molecule has 2 aliphatic heterocycles. The largest absolute Gasteiger partial charge is 0.458 e. The van der Waals surface area contributed by atoms with E-state index in [4.69, 9.17) is 9.47 Å². The SMILES string of the molecule is C/C(=C\c1csc(C)n1)[C@@H]1CC2O[C@H]2CCC[C@H](C)[C@H](O)[C@@H](C)C(=O)C(C)(C)[C@@H](O)CC(=O)O1. The lowest BCUT2D eigenvalue weighted by Gasteiger charge is -2.34. The molecule has 3 rings (SSSR count). The van der Waals surface area contributed by atoms with Gasteiger partial charge in [-0.2, -0.15) is 0 Å². The van der Waals surface area contributed by atoms with Crippen LogP contribution in [0.4, 0.5) is 0 Å². The van der Waals surface area contributed by atoms with Gasteiger partial charge in [0, 0.05) is 17.7 Å². The molecule has 1 aromatic rings. The molecule has 1 unspecified atom stereocenters. The Balaban J connectivity index is 1.81. The fourth-order valence-electron chi connectivity index (χ4n) is 4.78. The Morgan fingerprint density at radius 2 is 1.91 bits per heavy atom. The number of ether oxygens (including phenoxy) is 2. The van der Waals surface area contributed by atoms with Crippen LogP contribution in [0, 0.1) is 24.2 Å². The molecule has 3 heterocycles. The number of rotatable bonds is 2. The number of carbonyl (C=O) groups excluding carboxylic acids is 2. The number of Topliss-reactive ketones (excluding diaryl/α,β-unsaturated/α-hetero) is 1. The quantitative estimate of drug-likeness (QED) is 0.472. The average Bonchev–Trinajstić information content (AvgIpc) is 3.38. The van der Waals surface area contributed by atoms with Crippen molar-refractivity contribution in [2.75, 3.05) is 0 Å². The van der Waals surface area contributed by atoms with Gasteiger partial charge in [0.15, 0.2) is 0 Å². The Bertz CT molecular complexity index is 909. The smallest absolute Gasteiger partial charge is 0.309 e. The number of ketones is 1. The van der Waals surface area contributed by atoms with Crippen LogP contribution in [-0.4, -0.2) is 57.5 Å². The van der Waals surface area contributed by atoms with Crippen molar-refractivity contribution in [1.29, 1.82) is 0 Å². The number of hydrogen-bond donors (Lipinski definition) is 2. The van der Waals surface area contributed by atoms with E-state index in [9.17, 15) is 19.8 Å². The van der Waals surface area contributed by atoms with E-state index in [2.05, 4.69) is 4.98 Å². The normalized spacial score (nSPS) is 36.0. The van der Waals surface area contributed by atoms with Crippen molar-refractivity contribution in [3.05, 3.63) is 21.7 Å². The van der Waals surface area contributed by atoms with Crippen molar-refractivity contribution in [2.24, 2.45) is 17.3 Å². The molecule has 2 N–H and O–H groups in total. The summed E-state index contributed by atoms with van der Waals surface area (Å²) in [6.07, 6.45) is 2.28. The van der Waals surface area contributed by atoms with E-state index in [1.165, 1.54) is 0 Å². The lowest BCUT2D eigenvalue weighted by Crippen LogP contribution is -2.45. The van der Waals surface area contributed by atoms with Gasteiger partial charge in [-0.15, -0.1) is 11.3 Å². The average molecular weight is 494 g/mol. The van der Waals surface area contributed by atoms with E-state index in [0.717, 1.165) is 35.5 Å². The van der Waals surface area contributed by atoms with Crippen LogP contribution in [-0.2, 0) is 19.1 Å². The predicted molar refractivity (Wildman–Crippen MR) is 131 cm³/mol. The number of epoxide rings is 1. The highest BCUT2D eigenvalue weighted by Gasteiger charge is 2.44. The van der Waals surface area contributed by atoms with E-state index in [-0.39, 0.29) is 30.3 Å². The minimum atomic E-state index is -1.22. The maximum Gasteiger partial charge on any atom is 0.309 e. The molecule has 0 spiro atoms. The van der Waals surface area contributed by atoms with Crippen LogP contribution >= 0.6 is 11.3 Å². The molecule has 7 nitrogen and oxygen atoms in total. The summed E-state index contributed by atoms with van der Waals surface area (Å²) in [6, 6.07) is 0. The molecule has 0 radical (unpaired) electrons. The van der Waals surface area contributed by atoms with E-state index >= 15 is 0 Å². The Morgan fingerprint density at radius 1 is 1.21 bits per heavy atom. The summed E-state index contributed by atoms with van der Waals surface area (Å²) in [5, 5.41) is 24.5. The first-order valence-corrected chi connectivity index (χ1v) is 13.1. The fraction of sp³-hybridized carbons (Fsp3) is 0.731. The molecule has 0 amide bonds. The van der Waals surface area contributed by atoms with Crippen LogP contribution in [0.3, 0.4) is 0 Å². The number of fused-ring (bicyclic) bond motifs is 1. The number of esters is 1. The van der Waals surface area contributed by atoms with E-state index in [1.807, 2.05) is 32.2 Å². The van der Waals surface area contributed by atoms with Crippen LogP contribution in [0.2, 0.25) is 0 Å². The standard InChI is InChI=1S/C26H39NO6S/c1-14-8-7-9-19-21(32-19)11-20(15(2)10-18-13-34-17(4)27-18)33-23(29)12-22(28)26(5,6)25(31)16(3)24(14)30/h10,13-14,16,19-22,24,28,30H,7-9,11-12H2,1-6H3/b15-10+/t14-,16+,19-,20-,21?,22-,24-/m0/s1. The van der Waals surface area contributed by atoms with Gasteiger partial charge in [0.05, 0.1) is 47.0 Å². The molecule has 2 saturated heterocycles. The van der Waals surface area contributed by atoms with Crippen LogP contribution in [0.25, 0.3) is 6.08 Å². The van der Waals surface area contributed by atoms with E-state index in [1.54, 1.807) is 32.1 Å². The Morgan fingerprint density at radius 3 is 2.56 bits per heavy atom. The number of cyclic esters (lactones) is 1. The first kappa shape index (κ1) is 27.0. The number of thiazole rings is 1. The number of aromatic nitrogens is 1. The van der Waals surface area contributed by atoms with Gasteiger partial charge in [0.1, 0.15) is 11.9 Å². The topological polar surface area (TPSA) is 109 Å². The Kier molecular flexibility index (Phi) is 8.71. The third kappa shape index (κ3) is 6.53. The Hall–Kier alpha value is -1.61. The summed E-state index contributed by atoms with van der Waals surface area (Å²) < 4.78 is 11.7. The summed E-state index contributed by atoms with van der Waals surface area (Å²) in [5.41, 5.74) is 0.494. The van der Waals surface area contributed by atoms with E-state index in [0.29, 0.717) is 6.42 Å². The zero-order chi connectivity index (χ0) is 25.2.